The van der Waals surface area contributed by atoms with Crippen LogP contribution in [0.15, 0.2) is 35.4 Å². The lowest BCUT2D eigenvalue weighted by Crippen LogP contribution is -2.32. The van der Waals surface area contributed by atoms with E-state index in [4.69, 9.17) is 4.74 Å². The van der Waals surface area contributed by atoms with Crippen LogP contribution in [0.1, 0.15) is 40.5 Å². The van der Waals surface area contributed by atoms with E-state index in [0.29, 0.717) is 47.8 Å². The minimum Gasteiger partial charge on any atom is -0.463 e. The molecule has 1 aromatic rings. The van der Waals surface area contributed by atoms with Crippen molar-refractivity contribution >= 4 is 35.5 Å². The molecule has 2 aliphatic heterocycles. The molecule has 0 unspecified atom stereocenters. The molecule has 142 valence electrons. The first kappa shape index (κ1) is 19.2. The van der Waals surface area contributed by atoms with Crippen molar-refractivity contribution < 1.29 is 23.9 Å². The summed E-state index contributed by atoms with van der Waals surface area (Å²) in [5.41, 5.74) is 0.876. The van der Waals surface area contributed by atoms with Gasteiger partial charge in [0.1, 0.15) is 0 Å². The maximum Gasteiger partial charge on any atom is 0.333 e. The van der Waals surface area contributed by atoms with E-state index in [-0.39, 0.29) is 24.3 Å². The summed E-state index contributed by atoms with van der Waals surface area (Å²) in [6, 6.07) is 6.79. The number of fused-ring (bicyclic) bond motifs is 1. The van der Waals surface area contributed by atoms with Gasteiger partial charge in [-0.2, -0.15) is 0 Å². The Balaban J connectivity index is 1.53. The molecule has 27 heavy (non-hydrogen) atoms. The summed E-state index contributed by atoms with van der Waals surface area (Å²) in [5.74, 6) is -0.775. The van der Waals surface area contributed by atoms with Crippen LogP contribution in [-0.2, 0) is 14.3 Å². The fourth-order valence-electron chi connectivity index (χ4n) is 3.04. The van der Waals surface area contributed by atoms with E-state index >= 15 is 0 Å². The fraction of sp³-hybridized carbons (Fsp3) is 0.368. The van der Waals surface area contributed by atoms with Gasteiger partial charge in [0.25, 0.3) is 11.8 Å². The first-order valence-electron chi connectivity index (χ1n) is 8.79. The van der Waals surface area contributed by atoms with Crippen LogP contribution in [0.25, 0.3) is 0 Å². The molecule has 0 aliphatic carbocycles. The average molecular weight is 388 g/mol. The number of imide groups is 1. The number of carbonyl (C=O) groups is 4. The Bertz CT molecular complexity index is 785. The van der Waals surface area contributed by atoms with Gasteiger partial charge in [-0.3, -0.25) is 19.3 Å². The molecule has 0 N–H and O–H groups in total. The van der Waals surface area contributed by atoms with Gasteiger partial charge in [-0.25, -0.2) is 4.79 Å². The van der Waals surface area contributed by atoms with Gasteiger partial charge in [0.2, 0.25) is 5.91 Å². The molecule has 0 saturated carbocycles. The van der Waals surface area contributed by atoms with Gasteiger partial charge in [-0.15, -0.1) is 0 Å². The van der Waals surface area contributed by atoms with Crippen molar-refractivity contribution in [1.82, 2.24) is 9.80 Å². The molecule has 2 aliphatic rings. The number of thioether (sulfide) groups is 1. The topological polar surface area (TPSA) is 84.0 Å². The Morgan fingerprint density at radius 1 is 1.07 bits per heavy atom. The molecule has 0 bridgehead atoms. The number of carbonyl (C=O) groups excluding carboxylic acids is 4. The van der Waals surface area contributed by atoms with E-state index in [2.05, 4.69) is 0 Å². The zero-order valence-corrected chi connectivity index (χ0v) is 15.8. The predicted molar refractivity (Wildman–Crippen MR) is 99.9 cm³/mol. The summed E-state index contributed by atoms with van der Waals surface area (Å²) >= 11 is 1.31. The van der Waals surface area contributed by atoms with E-state index < -0.39 is 5.97 Å². The Morgan fingerprint density at radius 2 is 1.67 bits per heavy atom. The molecule has 0 radical (unpaired) electrons. The lowest BCUT2D eigenvalue weighted by atomic mass is 10.1. The van der Waals surface area contributed by atoms with Crippen molar-refractivity contribution in [2.45, 2.75) is 19.8 Å². The van der Waals surface area contributed by atoms with Crippen LogP contribution >= 0.6 is 11.8 Å². The lowest BCUT2D eigenvalue weighted by molar-refractivity contribution is -0.137. The maximum atomic E-state index is 12.3. The highest BCUT2D eigenvalue weighted by atomic mass is 32.2. The first-order valence-corrected chi connectivity index (χ1v) is 9.78. The second-order valence-electron chi connectivity index (χ2n) is 6.08. The molecule has 8 heteroatoms. The van der Waals surface area contributed by atoms with Crippen molar-refractivity contribution in [2.75, 3.05) is 25.4 Å². The minimum atomic E-state index is -0.467. The van der Waals surface area contributed by atoms with Crippen LogP contribution in [0.3, 0.4) is 0 Å². The normalized spacial score (nSPS) is 17.8. The molecule has 1 aromatic carbocycles. The standard InChI is InChI=1S/C19H20N2O5S/c1-2-26-17(23)11-16-20(15(22)12-27-16)9-5-6-10-21-18(24)13-7-3-4-8-14(13)19(21)25/h3-4,7-8,11H,2,5-6,9-10,12H2,1H3/b16-11+. The van der Waals surface area contributed by atoms with Crippen molar-refractivity contribution in [3.8, 4) is 0 Å². The second kappa shape index (κ2) is 8.39. The molecule has 0 atom stereocenters. The molecular weight excluding hydrogens is 368 g/mol. The summed E-state index contributed by atoms with van der Waals surface area (Å²) in [7, 11) is 0. The third-order valence-electron chi connectivity index (χ3n) is 4.33. The van der Waals surface area contributed by atoms with Gasteiger partial charge in [-0.1, -0.05) is 23.9 Å². The molecule has 1 fully saturated rings. The lowest BCUT2D eigenvalue weighted by Gasteiger charge is -2.18. The molecule has 7 nitrogen and oxygen atoms in total. The minimum absolute atomic E-state index is 0.0590. The fourth-order valence-corrected chi connectivity index (χ4v) is 3.99. The van der Waals surface area contributed by atoms with Crippen LogP contribution in [-0.4, -0.2) is 58.9 Å². The van der Waals surface area contributed by atoms with E-state index in [1.165, 1.54) is 22.7 Å². The summed E-state index contributed by atoms with van der Waals surface area (Å²) in [4.78, 5) is 51.1. The van der Waals surface area contributed by atoms with Crippen LogP contribution in [0.5, 0.6) is 0 Å². The van der Waals surface area contributed by atoms with Crippen LogP contribution in [0.2, 0.25) is 0 Å². The Morgan fingerprint density at radius 3 is 2.26 bits per heavy atom. The Hall–Kier alpha value is -2.61. The van der Waals surface area contributed by atoms with Crippen LogP contribution < -0.4 is 0 Å². The summed E-state index contributed by atoms with van der Waals surface area (Å²) in [5, 5.41) is 0.583. The summed E-state index contributed by atoms with van der Waals surface area (Å²) in [6.07, 6.45) is 2.52. The van der Waals surface area contributed by atoms with Crippen LogP contribution in [0.4, 0.5) is 0 Å². The zero-order chi connectivity index (χ0) is 19.4. The number of amides is 3. The van der Waals surface area contributed by atoms with E-state index in [0.717, 1.165) is 0 Å². The van der Waals surface area contributed by atoms with Gasteiger partial charge in [0, 0.05) is 13.1 Å². The first-order chi connectivity index (χ1) is 13.0. The zero-order valence-electron chi connectivity index (χ0n) is 15.0. The second-order valence-corrected chi connectivity index (χ2v) is 7.08. The highest BCUT2D eigenvalue weighted by Gasteiger charge is 2.34. The average Bonchev–Trinajstić information content (AvgIpc) is 3.11. The van der Waals surface area contributed by atoms with Gasteiger partial charge >= 0.3 is 5.97 Å². The molecule has 0 spiro atoms. The maximum absolute atomic E-state index is 12.3. The molecule has 1 saturated heterocycles. The number of hydrogen-bond acceptors (Lipinski definition) is 6. The van der Waals surface area contributed by atoms with Crippen molar-refractivity contribution in [3.05, 3.63) is 46.5 Å². The largest absolute Gasteiger partial charge is 0.463 e. The monoisotopic (exact) mass is 388 g/mol. The van der Waals surface area contributed by atoms with Gasteiger partial charge in [0.15, 0.2) is 0 Å². The molecule has 0 aromatic heterocycles. The van der Waals surface area contributed by atoms with E-state index in [9.17, 15) is 19.2 Å². The number of hydrogen-bond donors (Lipinski definition) is 0. The quantitative estimate of drug-likeness (QED) is 0.308. The number of unbranched alkanes of at least 4 members (excludes halogenated alkanes) is 1. The van der Waals surface area contributed by atoms with Crippen molar-refractivity contribution in [1.29, 1.82) is 0 Å². The number of nitrogens with zero attached hydrogens (tertiary/aromatic N) is 2. The Kier molecular flexibility index (Phi) is 5.95. The SMILES string of the molecule is CCOC(=O)/C=C1/SCC(=O)N1CCCCN1C(=O)c2ccccc2C1=O. The third-order valence-corrected chi connectivity index (χ3v) is 5.36. The molecule has 2 heterocycles. The summed E-state index contributed by atoms with van der Waals surface area (Å²) in [6.45, 7) is 2.74. The number of benzene rings is 1. The molecule has 3 amide bonds. The third kappa shape index (κ3) is 4.05. The summed E-state index contributed by atoms with van der Waals surface area (Å²) < 4.78 is 4.89. The number of ether oxygens (including phenoxy) is 1. The van der Waals surface area contributed by atoms with Crippen molar-refractivity contribution in [2.24, 2.45) is 0 Å². The highest BCUT2D eigenvalue weighted by Crippen LogP contribution is 2.29. The van der Waals surface area contributed by atoms with Gasteiger partial charge in [-0.05, 0) is 31.9 Å². The van der Waals surface area contributed by atoms with Crippen molar-refractivity contribution in [3.63, 3.8) is 0 Å². The van der Waals surface area contributed by atoms with Crippen LogP contribution in [0, 0.1) is 0 Å². The van der Waals surface area contributed by atoms with E-state index in [1.54, 1.807) is 36.1 Å². The van der Waals surface area contributed by atoms with Gasteiger partial charge < -0.3 is 9.64 Å². The number of rotatable bonds is 7. The smallest absolute Gasteiger partial charge is 0.333 e. The van der Waals surface area contributed by atoms with Gasteiger partial charge in [0.05, 0.1) is 34.6 Å². The Labute approximate surface area is 161 Å². The predicted octanol–water partition coefficient (Wildman–Crippen LogP) is 2.04. The molecule has 3 rings (SSSR count). The highest BCUT2D eigenvalue weighted by molar-refractivity contribution is 8.04. The number of esters is 1. The van der Waals surface area contributed by atoms with E-state index in [1.807, 2.05) is 0 Å². The molecular formula is C19H20N2O5S.